The Kier molecular flexibility index (Phi) is 4.41. The number of hydrogen-bond donors (Lipinski definition) is 2. The number of sulfonamides is 1. The largest absolute Gasteiger partial charge is 0.392 e. The van der Waals surface area contributed by atoms with Gasteiger partial charge in [-0.3, -0.25) is 4.72 Å². The number of nitrogens with one attached hydrogen (secondary N) is 1. The monoisotopic (exact) mass is 276 g/mol. The highest BCUT2D eigenvalue weighted by atomic mass is 32.2. The van der Waals surface area contributed by atoms with Crippen molar-refractivity contribution in [3.63, 3.8) is 0 Å². The van der Waals surface area contributed by atoms with Crippen LogP contribution in [0.2, 0.25) is 0 Å². The minimum absolute atomic E-state index is 0.0814. The van der Waals surface area contributed by atoms with Crippen molar-refractivity contribution in [2.24, 2.45) is 5.73 Å². The second-order valence-corrected chi connectivity index (χ2v) is 5.79. The quantitative estimate of drug-likeness (QED) is 0.802. The highest BCUT2D eigenvalue weighted by Gasteiger charge is 2.26. The molecule has 0 aliphatic carbocycles. The number of thiocarbonyl (C=S) groups is 1. The Bertz CT molecular complexity index is 500. The zero-order valence-corrected chi connectivity index (χ0v) is 10.8. The molecule has 0 saturated carbocycles. The summed E-state index contributed by atoms with van der Waals surface area (Å²) in [6.07, 6.45) is 0.284. The first kappa shape index (κ1) is 13.9. The van der Waals surface area contributed by atoms with Crippen LogP contribution in [0.3, 0.4) is 0 Å². The van der Waals surface area contributed by atoms with E-state index in [4.69, 9.17) is 18.0 Å². The molecule has 4 nitrogen and oxygen atoms in total. The van der Waals surface area contributed by atoms with Crippen LogP contribution >= 0.6 is 12.2 Å². The van der Waals surface area contributed by atoms with Gasteiger partial charge in [0, 0.05) is 5.69 Å². The standard InChI is InChI=1S/C10H13FN2O2S2/c1-2-9(10(12)16)17(14,15)13-8-5-3-7(11)4-6-8/h3-6,9,13H,2H2,1H3,(H2,12,16). The van der Waals surface area contributed by atoms with Gasteiger partial charge in [-0.2, -0.15) is 0 Å². The van der Waals surface area contributed by atoms with E-state index in [9.17, 15) is 12.8 Å². The number of benzene rings is 1. The van der Waals surface area contributed by atoms with Gasteiger partial charge in [-0.15, -0.1) is 0 Å². The smallest absolute Gasteiger partial charge is 0.242 e. The van der Waals surface area contributed by atoms with Crippen LogP contribution < -0.4 is 10.5 Å². The lowest BCUT2D eigenvalue weighted by Crippen LogP contribution is -2.37. The summed E-state index contributed by atoms with van der Waals surface area (Å²) in [5.74, 6) is -0.436. The van der Waals surface area contributed by atoms with Crippen LogP contribution in [0.5, 0.6) is 0 Å². The van der Waals surface area contributed by atoms with Crippen LogP contribution in [0.1, 0.15) is 13.3 Å². The fourth-order valence-electron chi connectivity index (χ4n) is 1.33. The lowest BCUT2D eigenvalue weighted by molar-refractivity contribution is 0.594. The average Bonchev–Trinajstić information content (AvgIpc) is 2.21. The van der Waals surface area contributed by atoms with E-state index in [0.717, 1.165) is 0 Å². The van der Waals surface area contributed by atoms with E-state index in [0.29, 0.717) is 0 Å². The Morgan fingerprint density at radius 1 is 1.47 bits per heavy atom. The normalized spacial score (nSPS) is 13.1. The number of halogens is 1. The number of anilines is 1. The number of rotatable bonds is 5. The van der Waals surface area contributed by atoms with Crippen molar-refractivity contribution in [1.29, 1.82) is 0 Å². The maximum Gasteiger partial charge on any atom is 0.242 e. The summed E-state index contributed by atoms with van der Waals surface area (Å²) in [5.41, 5.74) is 5.64. The predicted octanol–water partition coefficient (Wildman–Crippen LogP) is 1.63. The second-order valence-electron chi connectivity index (χ2n) is 3.45. The van der Waals surface area contributed by atoms with Gasteiger partial charge in [-0.25, -0.2) is 12.8 Å². The Labute approximate surface area is 105 Å². The third kappa shape index (κ3) is 3.64. The summed E-state index contributed by atoms with van der Waals surface area (Å²) in [5, 5.41) is -0.928. The lowest BCUT2D eigenvalue weighted by atomic mass is 10.3. The molecule has 1 rings (SSSR count). The highest BCUT2D eigenvalue weighted by Crippen LogP contribution is 2.14. The van der Waals surface area contributed by atoms with E-state index < -0.39 is 21.1 Å². The predicted molar refractivity (Wildman–Crippen MR) is 69.8 cm³/mol. The van der Waals surface area contributed by atoms with Crippen LogP contribution in [0.4, 0.5) is 10.1 Å². The minimum Gasteiger partial charge on any atom is -0.392 e. The fourth-order valence-corrected chi connectivity index (χ4v) is 3.23. The summed E-state index contributed by atoms with van der Waals surface area (Å²) in [6, 6.07) is 5.00. The van der Waals surface area contributed by atoms with Crippen LogP contribution in [0.15, 0.2) is 24.3 Å². The van der Waals surface area contributed by atoms with Crippen LogP contribution in [0.25, 0.3) is 0 Å². The molecule has 1 aromatic carbocycles. The Hall–Kier alpha value is -1.21. The first-order chi connectivity index (χ1) is 7.86. The maximum atomic E-state index is 12.7. The number of nitrogens with two attached hydrogens (primary N) is 1. The van der Waals surface area contributed by atoms with Gasteiger partial charge in [0.15, 0.2) is 0 Å². The molecule has 7 heteroatoms. The molecule has 0 aliphatic heterocycles. The van der Waals surface area contributed by atoms with Crippen molar-refractivity contribution >= 4 is 32.9 Å². The average molecular weight is 276 g/mol. The Balaban J connectivity index is 2.93. The summed E-state index contributed by atoms with van der Waals surface area (Å²) in [6.45, 7) is 1.67. The maximum absolute atomic E-state index is 12.7. The van der Waals surface area contributed by atoms with Crippen LogP contribution in [-0.2, 0) is 10.0 Å². The Morgan fingerprint density at radius 3 is 2.41 bits per heavy atom. The van der Waals surface area contributed by atoms with E-state index in [1.807, 2.05) is 0 Å². The van der Waals surface area contributed by atoms with Gasteiger partial charge >= 0.3 is 0 Å². The molecule has 0 saturated heterocycles. The van der Waals surface area contributed by atoms with Crippen molar-refractivity contribution in [2.45, 2.75) is 18.6 Å². The van der Waals surface area contributed by atoms with Crippen LogP contribution in [0, 0.1) is 5.82 Å². The molecule has 94 valence electrons. The summed E-state index contributed by atoms with van der Waals surface area (Å²) < 4.78 is 38.7. The van der Waals surface area contributed by atoms with Gasteiger partial charge in [0.2, 0.25) is 10.0 Å². The third-order valence-electron chi connectivity index (χ3n) is 2.17. The molecule has 0 spiro atoms. The van der Waals surface area contributed by atoms with Crippen LogP contribution in [-0.4, -0.2) is 18.7 Å². The SMILES string of the molecule is CCC(C(N)=S)S(=O)(=O)Nc1ccc(F)cc1. The van der Waals surface area contributed by atoms with Gasteiger partial charge < -0.3 is 5.73 Å². The third-order valence-corrected chi connectivity index (χ3v) is 4.46. The van der Waals surface area contributed by atoms with Crippen molar-refractivity contribution in [2.75, 3.05) is 4.72 Å². The van der Waals surface area contributed by atoms with Crippen molar-refractivity contribution in [3.05, 3.63) is 30.1 Å². The van der Waals surface area contributed by atoms with Gasteiger partial charge in [-0.1, -0.05) is 19.1 Å². The fraction of sp³-hybridized carbons (Fsp3) is 0.300. The molecule has 17 heavy (non-hydrogen) atoms. The van der Waals surface area contributed by atoms with E-state index in [-0.39, 0.29) is 17.1 Å². The number of hydrogen-bond acceptors (Lipinski definition) is 3. The van der Waals surface area contributed by atoms with Crippen molar-refractivity contribution < 1.29 is 12.8 Å². The molecule has 0 radical (unpaired) electrons. The molecule has 0 heterocycles. The highest BCUT2D eigenvalue weighted by molar-refractivity contribution is 7.95. The zero-order chi connectivity index (χ0) is 13.1. The summed E-state index contributed by atoms with van der Waals surface area (Å²) in [7, 11) is -3.68. The molecular weight excluding hydrogens is 263 g/mol. The first-order valence-electron chi connectivity index (χ1n) is 4.93. The second kappa shape index (κ2) is 5.42. The van der Waals surface area contributed by atoms with E-state index in [1.54, 1.807) is 6.92 Å². The van der Waals surface area contributed by atoms with Gasteiger partial charge in [0.05, 0.1) is 4.99 Å². The Morgan fingerprint density at radius 2 is 2.00 bits per heavy atom. The minimum atomic E-state index is -3.68. The summed E-state index contributed by atoms with van der Waals surface area (Å²) >= 11 is 4.70. The molecule has 3 N–H and O–H groups in total. The van der Waals surface area contributed by atoms with Gasteiger partial charge in [-0.05, 0) is 30.7 Å². The molecule has 1 aromatic rings. The molecule has 0 bridgehead atoms. The molecule has 0 amide bonds. The molecule has 0 aromatic heterocycles. The summed E-state index contributed by atoms with van der Waals surface area (Å²) in [4.78, 5) is -0.0814. The zero-order valence-electron chi connectivity index (χ0n) is 9.18. The van der Waals surface area contributed by atoms with E-state index >= 15 is 0 Å². The lowest BCUT2D eigenvalue weighted by Gasteiger charge is -2.15. The molecule has 1 atom stereocenters. The van der Waals surface area contributed by atoms with E-state index in [1.165, 1.54) is 24.3 Å². The molecule has 1 unspecified atom stereocenters. The van der Waals surface area contributed by atoms with Gasteiger partial charge in [0.1, 0.15) is 11.1 Å². The molecule has 0 fully saturated rings. The molecule has 0 aliphatic rings. The first-order valence-corrected chi connectivity index (χ1v) is 6.88. The topological polar surface area (TPSA) is 72.2 Å². The van der Waals surface area contributed by atoms with Crippen molar-refractivity contribution in [3.8, 4) is 0 Å². The molecular formula is C10H13FN2O2S2. The van der Waals surface area contributed by atoms with Crippen molar-refractivity contribution in [1.82, 2.24) is 0 Å². The van der Waals surface area contributed by atoms with E-state index in [2.05, 4.69) is 4.72 Å². The van der Waals surface area contributed by atoms with Gasteiger partial charge in [0.25, 0.3) is 0 Å².